The minimum atomic E-state index is -0.830. The number of urea groups is 1. The lowest BCUT2D eigenvalue weighted by atomic mass is 9.94. The summed E-state index contributed by atoms with van der Waals surface area (Å²) in [5.74, 6) is -0.110. The number of aryl methyl sites for hydroxylation is 1. The number of rotatable bonds is 7. The van der Waals surface area contributed by atoms with Crippen molar-refractivity contribution in [3.63, 3.8) is 0 Å². The molecule has 0 saturated carbocycles. The second-order valence-electron chi connectivity index (χ2n) is 5.96. The number of nitrogens with one attached hydrogen (secondary N) is 2. The van der Waals surface area contributed by atoms with E-state index in [-0.39, 0.29) is 6.04 Å². The first-order valence-corrected chi connectivity index (χ1v) is 7.80. The summed E-state index contributed by atoms with van der Waals surface area (Å²) in [5, 5.41) is 5.37. The molecule has 0 spiro atoms. The summed E-state index contributed by atoms with van der Waals surface area (Å²) < 4.78 is 0. The Balaban J connectivity index is 2.80. The van der Waals surface area contributed by atoms with E-state index >= 15 is 0 Å². The first-order chi connectivity index (χ1) is 10.3. The summed E-state index contributed by atoms with van der Waals surface area (Å²) >= 11 is 0. The molecule has 0 fully saturated rings. The quantitative estimate of drug-likeness (QED) is 0.723. The molecular weight excluding hydrogens is 278 g/mol. The van der Waals surface area contributed by atoms with Gasteiger partial charge in [-0.05, 0) is 30.4 Å². The van der Waals surface area contributed by atoms with Gasteiger partial charge in [-0.2, -0.15) is 0 Å². The van der Waals surface area contributed by atoms with E-state index in [0.717, 1.165) is 18.4 Å². The van der Waals surface area contributed by atoms with Crippen molar-refractivity contribution in [1.29, 1.82) is 0 Å². The molecule has 1 rings (SSSR count). The van der Waals surface area contributed by atoms with Gasteiger partial charge in [0, 0.05) is 6.04 Å². The number of carbonyl (C=O) groups excluding carboxylic acids is 2. The number of imide groups is 1. The largest absolute Gasteiger partial charge is 0.351 e. The number of amides is 3. The van der Waals surface area contributed by atoms with Gasteiger partial charge in [0.05, 0.1) is 6.04 Å². The zero-order chi connectivity index (χ0) is 16.7. The zero-order valence-electron chi connectivity index (χ0n) is 13.8. The molecular formula is C17H27N3O2. The van der Waals surface area contributed by atoms with Crippen molar-refractivity contribution in [1.82, 2.24) is 10.6 Å². The fourth-order valence-electron chi connectivity index (χ4n) is 2.43. The highest BCUT2D eigenvalue weighted by Gasteiger charge is 2.22. The molecule has 0 aliphatic rings. The van der Waals surface area contributed by atoms with Gasteiger partial charge in [-0.15, -0.1) is 0 Å². The van der Waals surface area contributed by atoms with Crippen LogP contribution in [0.25, 0.3) is 0 Å². The number of primary amides is 1. The minimum Gasteiger partial charge on any atom is -0.351 e. The molecule has 5 nitrogen and oxygen atoms in total. The van der Waals surface area contributed by atoms with Gasteiger partial charge in [0.15, 0.2) is 0 Å². The van der Waals surface area contributed by atoms with Crippen molar-refractivity contribution >= 4 is 11.9 Å². The van der Waals surface area contributed by atoms with Crippen LogP contribution in [-0.2, 0) is 11.2 Å². The van der Waals surface area contributed by atoms with Crippen LogP contribution in [0.15, 0.2) is 24.3 Å². The maximum Gasteiger partial charge on any atom is 0.318 e. The van der Waals surface area contributed by atoms with Crippen molar-refractivity contribution in [2.45, 2.75) is 52.6 Å². The standard InChI is InChI=1S/C17H27N3O2/c1-5-6-13-7-9-14(10-8-13)15(11(2)3)19-12(4)16(21)20-17(18)22/h7-12,15,19H,5-6H2,1-4H3,(H3,18,20,21,22)/t12-,15-/m1/s1. The Hall–Kier alpha value is -1.88. The summed E-state index contributed by atoms with van der Waals surface area (Å²) in [6.07, 6.45) is 2.19. The summed E-state index contributed by atoms with van der Waals surface area (Å²) in [7, 11) is 0. The Labute approximate surface area is 132 Å². The van der Waals surface area contributed by atoms with Gasteiger partial charge in [-0.3, -0.25) is 15.4 Å². The van der Waals surface area contributed by atoms with Gasteiger partial charge in [0.2, 0.25) is 5.91 Å². The van der Waals surface area contributed by atoms with Gasteiger partial charge in [-0.1, -0.05) is 51.5 Å². The lowest BCUT2D eigenvalue weighted by molar-refractivity contribution is -0.121. The van der Waals surface area contributed by atoms with Gasteiger partial charge in [0.25, 0.3) is 0 Å². The molecule has 0 heterocycles. The molecule has 1 aromatic rings. The number of hydrogen-bond donors (Lipinski definition) is 3. The molecule has 2 atom stereocenters. The first-order valence-electron chi connectivity index (χ1n) is 7.80. The molecule has 0 bridgehead atoms. The molecule has 1 aromatic carbocycles. The minimum absolute atomic E-state index is 0.0318. The Morgan fingerprint density at radius 2 is 1.73 bits per heavy atom. The molecule has 0 aromatic heterocycles. The van der Waals surface area contributed by atoms with Crippen LogP contribution in [-0.4, -0.2) is 18.0 Å². The highest BCUT2D eigenvalue weighted by atomic mass is 16.2. The second-order valence-corrected chi connectivity index (χ2v) is 5.96. The van der Waals surface area contributed by atoms with Gasteiger partial charge < -0.3 is 5.73 Å². The van der Waals surface area contributed by atoms with E-state index < -0.39 is 18.0 Å². The summed E-state index contributed by atoms with van der Waals surface area (Å²) in [4.78, 5) is 22.6. The number of carbonyl (C=O) groups is 2. The predicted molar refractivity (Wildman–Crippen MR) is 88.3 cm³/mol. The van der Waals surface area contributed by atoms with Crippen molar-refractivity contribution in [2.75, 3.05) is 0 Å². The zero-order valence-corrected chi connectivity index (χ0v) is 13.8. The van der Waals surface area contributed by atoms with Gasteiger partial charge >= 0.3 is 6.03 Å². The lowest BCUT2D eigenvalue weighted by Crippen LogP contribution is -2.48. The molecule has 22 heavy (non-hydrogen) atoms. The predicted octanol–water partition coefficient (Wildman–Crippen LogP) is 2.51. The molecule has 0 saturated heterocycles. The third-order valence-corrected chi connectivity index (χ3v) is 3.61. The van der Waals surface area contributed by atoms with Crippen molar-refractivity contribution < 1.29 is 9.59 Å². The molecule has 0 aliphatic carbocycles. The van der Waals surface area contributed by atoms with E-state index in [2.05, 4.69) is 55.7 Å². The van der Waals surface area contributed by atoms with Crippen LogP contribution >= 0.6 is 0 Å². The maximum absolute atomic E-state index is 11.8. The van der Waals surface area contributed by atoms with Crippen LogP contribution in [0.1, 0.15) is 51.3 Å². The summed E-state index contributed by atoms with van der Waals surface area (Å²) in [6.45, 7) is 8.07. The van der Waals surface area contributed by atoms with E-state index in [4.69, 9.17) is 5.73 Å². The summed E-state index contributed by atoms with van der Waals surface area (Å²) in [6, 6.07) is 7.15. The van der Waals surface area contributed by atoms with E-state index in [1.54, 1.807) is 6.92 Å². The lowest BCUT2D eigenvalue weighted by Gasteiger charge is -2.26. The van der Waals surface area contributed by atoms with E-state index in [1.807, 2.05) is 0 Å². The first kappa shape index (κ1) is 18.2. The van der Waals surface area contributed by atoms with Crippen LogP contribution in [0.4, 0.5) is 4.79 Å². The highest BCUT2D eigenvalue weighted by Crippen LogP contribution is 2.23. The topological polar surface area (TPSA) is 84.2 Å². The molecule has 122 valence electrons. The highest BCUT2D eigenvalue weighted by molar-refractivity contribution is 5.96. The number of hydrogen-bond acceptors (Lipinski definition) is 3. The molecule has 5 heteroatoms. The Kier molecular flexibility index (Phi) is 7.05. The third kappa shape index (κ3) is 5.48. The van der Waals surface area contributed by atoms with Crippen molar-refractivity contribution in [3.05, 3.63) is 35.4 Å². The molecule has 0 radical (unpaired) electrons. The third-order valence-electron chi connectivity index (χ3n) is 3.61. The molecule has 0 aliphatic heterocycles. The normalized spacial score (nSPS) is 13.7. The van der Waals surface area contributed by atoms with Crippen molar-refractivity contribution in [2.24, 2.45) is 11.7 Å². The van der Waals surface area contributed by atoms with Crippen LogP contribution in [0.5, 0.6) is 0 Å². The average molecular weight is 305 g/mol. The fourth-order valence-corrected chi connectivity index (χ4v) is 2.43. The van der Waals surface area contributed by atoms with Gasteiger partial charge in [-0.25, -0.2) is 4.79 Å². The van der Waals surface area contributed by atoms with E-state index in [1.165, 1.54) is 5.56 Å². The maximum atomic E-state index is 11.8. The SMILES string of the molecule is CCCc1ccc([C@H](N[C@H](C)C(=O)NC(N)=O)C(C)C)cc1. The van der Waals surface area contributed by atoms with Crippen LogP contribution in [0.3, 0.4) is 0 Å². The monoisotopic (exact) mass is 305 g/mol. The Morgan fingerprint density at radius 3 is 2.18 bits per heavy atom. The smallest absolute Gasteiger partial charge is 0.318 e. The average Bonchev–Trinajstić information content (AvgIpc) is 2.44. The molecule has 4 N–H and O–H groups in total. The Morgan fingerprint density at radius 1 is 1.14 bits per heavy atom. The molecule has 3 amide bonds. The van der Waals surface area contributed by atoms with E-state index in [0.29, 0.717) is 5.92 Å². The fraction of sp³-hybridized carbons (Fsp3) is 0.529. The van der Waals surface area contributed by atoms with Gasteiger partial charge in [0.1, 0.15) is 0 Å². The number of benzene rings is 1. The van der Waals surface area contributed by atoms with Crippen LogP contribution in [0, 0.1) is 5.92 Å². The van der Waals surface area contributed by atoms with E-state index in [9.17, 15) is 9.59 Å². The number of nitrogens with two attached hydrogens (primary N) is 1. The van der Waals surface area contributed by atoms with Crippen LogP contribution < -0.4 is 16.4 Å². The summed E-state index contributed by atoms with van der Waals surface area (Å²) in [5.41, 5.74) is 7.43. The van der Waals surface area contributed by atoms with Crippen LogP contribution in [0.2, 0.25) is 0 Å². The second kappa shape index (κ2) is 8.54. The van der Waals surface area contributed by atoms with Crippen molar-refractivity contribution in [3.8, 4) is 0 Å². The molecule has 0 unspecified atom stereocenters. The Bertz CT molecular complexity index is 497.